The van der Waals surface area contributed by atoms with Crippen molar-refractivity contribution in [1.29, 1.82) is 0 Å². The van der Waals surface area contributed by atoms with E-state index in [4.69, 9.17) is 0 Å². The first kappa shape index (κ1) is 15.6. The smallest absolute Gasteiger partial charge is 0.251 e. The van der Waals surface area contributed by atoms with Gasteiger partial charge in [0.1, 0.15) is 0 Å². The minimum absolute atomic E-state index is 0.0794. The molecule has 0 saturated heterocycles. The number of amides is 1. The molecule has 2 bridgehead atoms. The van der Waals surface area contributed by atoms with Crippen LogP contribution in [0.2, 0.25) is 0 Å². The summed E-state index contributed by atoms with van der Waals surface area (Å²) in [5, 5.41) is 3.24. The summed E-state index contributed by atoms with van der Waals surface area (Å²) in [4.78, 5) is 12.5. The molecule has 0 aromatic heterocycles. The summed E-state index contributed by atoms with van der Waals surface area (Å²) in [6, 6.07) is 8.38. The van der Waals surface area contributed by atoms with Crippen LogP contribution in [0.3, 0.4) is 0 Å². The Labute approximate surface area is 134 Å². The summed E-state index contributed by atoms with van der Waals surface area (Å²) in [5.74, 6) is 2.55. The summed E-state index contributed by atoms with van der Waals surface area (Å²) in [7, 11) is 0. The van der Waals surface area contributed by atoms with Crippen molar-refractivity contribution in [1.82, 2.24) is 5.32 Å². The van der Waals surface area contributed by atoms with Gasteiger partial charge in [-0.15, -0.1) is 0 Å². The maximum atomic E-state index is 12.5. The van der Waals surface area contributed by atoms with Gasteiger partial charge in [-0.25, -0.2) is 0 Å². The van der Waals surface area contributed by atoms with Crippen LogP contribution >= 0.6 is 0 Å². The van der Waals surface area contributed by atoms with Crippen LogP contribution in [0.4, 0.5) is 0 Å². The van der Waals surface area contributed by atoms with Gasteiger partial charge in [-0.3, -0.25) is 4.79 Å². The second-order valence-electron chi connectivity index (χ2n) is 8.43. The minimum Gasteiger partial charge on any atom is -0.349 e. The minimum atomic E-state index is 0.0794. The lowest BCUT2D eigenvalue weighted by Gasteiger charge is -2.28. The topological polar surface area (TPSA) is 29.1 Å². The Bertz CT molecular complexity index is 540. The van der Waals surface area contributed by atoms with E-state index in [-0.39, 0.29) is 11.3 Å². The van der Waals surface area contributed by atoms with Crippen molar-refractivity contribution in [2.45, 2.75) is 64.8 Å². The first-order valence-corrected chi connectivity index (χ1v) is 8.76. The van der Waals surface area contributed by atoms with Crippen LogP contribution in [0.15, 0.2) is 24.3 Å². The predicted octanol–water partition coefficient (Wildman–Crippen LogP) is 4.54. The lowest BCUT2D eigenvalue weighted by molar-refractivity contribution is 0.0915. The number of fused-ring (bicyclic) bond motifs is 2. The van der Waals surface area contributed by atoms with Crippen LogP contribution in [0.1, 0.15) is 69.3 Å². The number of carbonyl (C=O) groups excluding carboxylic acids is 1. The van der Waals surface area contributed by atoms with Gasteiger partial charge in [0.2, 0.25) is 0 Å². The zero-order chi connectivity index (χ0) is 15.9. The van der Waals surface area contributed by atoms with Crippen molar-refractivity contribution in [3.8, 4) is 0 Å². The van der Waals surface area contributed by atoms with E-state index in [1.54, 1.807) is 0 Å². The summed E-state index contributed by atoms with van der Waals surface area (Å²) in [6.45, 7) is 8.77. The zero-order valence-corrected chi connectivity index (χ0v) is 14.4. The van der Waals surface area contributed by atoms with Gasteiger partial charge in [-0.2, -0.15) is 0 Å². The molecule has 0 spiro atoms. The predicted molar refractivity (Wildman–Crippen MR) is 91.0 cm³/mol. The Morgan fingerprint density at radius 3 is 2.32 bits per heavy atom. The molecule has 2 aliphatic carbocycles. The van der Waals surface area contributed by atoms with Gasteiger partial charge in [-0.05, 0) is 67.1 Å². The van der Waals surface area contributed by atoms with E-state index >= 15 is 0 Å². The molecule has 4 atom stereocenters. The Morgan fingerprint density at radius 1 is 1.14 bits per heavy atom. The van der Waals surface area contributed by atoms with Crippen molar-refractivity contribution in [2.75, 3.05) is 0 Å². The van der Waals surface area contributed by atoms with Gasteiger partial charge in [0.25, 0.3) is 5.91 Å². The van der Waals surface area contributed by atoms with Gasteiger partial charge < -0.3 is 5.32 Å². The molecular formula is C20H29NO. The number of hydrogen-bond donors (Lipinski definition) is 1. The summed E-state index contributed by atoms with van der Waals surface area (Å²) in [6.07, 6.45) is 5.49. The molecule has 1 amide bonds. The fraction of sp³-hybridized carbons (Fsp3) is 0.650. The van der Waals surface area contributed by atoms with Crippen molar-refractivity contribution in [3.63, 3.8) is 0 Å². The third-order valence-corrected chi connectivity index (χ3v) is 5.81. The lowest BCUT2D eigenvalue weighted by Crippen LogP contribution is -2.40. The summed E-state index contributed by atoms with van der Waals surface area (Å²) in [5.41, 5.74) is 2.18. The van der Waals surface area contributed by atoms with Crippen LogP contribution in [0.25, 0.3) is 0 Å². The van der Waals surface area contributed by atoms with Gasteiger partial charge in [0.15, 0.2) is 0 Å². The van der Waals surface area contributed by atoms with Crippen LogP contribution in [0.5, 0.6) is 0 Å². The van der Waals surface area contributed by atoms with E-state index in [1.807, 2.05) is 12.1 Å². The molecule has 1 aromatic carbocycles. The fourth-order valence-electron chi connectivity index (χ4n) is 4.43. The summed E-state index contributed by atoms with van der Waals surface area (Å²) >= 11 is 0. The van der Waals surface area contributed by atoms with Crippen molar-refractivity contribution in [3.05, 3.63) is 35.4 Å². The number of rotatable bonds is 3. The van der Waals surface area contributed by atoms with Crippen LogP contribution in [-0.2, 0) is 5.41 Å². The largest absolute Gasteiger partial charge is 0.349 e. The monoisotopic (exact) mass is 299 g/mol. The highest BCUT2D eigenvalue weighted by Gasteiger charge is 2.42. The van der Waals surface area contributed by atoms with Gasteiger partial charge >= 0.3 is 0 Å². The fourth-order valence-corrected chi connectivity index (χ4v) is 4.43. The number of hydrogen-bond acceptors (Lipinski definition) is 1. The molecule has 3 rings (SSSR count). The van der Waals surface area contributed by atoms with E-state index in [0.29, 0.717) is 12.0 Å². The third-order valence-electron chi connectivity index (χ3n) is 5.81. The quantitative estimate of drug-likeness (QED) is 0.872. The number of nitrogens with one attached hydrogen (secondary N) is 1. The standard InChI is InChI=1S/C20H29NO/c1-13(18-12-14-5-6-16(18)11-14)21-19(22)15-7-9-17(10-8-15)20(2,3)4/h7-10,13-14,16,18H,5-6,11-12H2,1-4H3,(H,21,22). The maximum absolute atomic E-state index is 12.5. The van der Waals surface area contributed by atoms with E-state index in [1.165, 1.54) is 31.2 Å². The van der Waals surface area contributed by atoms with Crippen LogP contribution in [-0.4, -0.2) is 11.9 Å². The molecule has 1 N–H and O–H groups in total. The van der Waals surface area contributed by atoms with Crippen molar-refractivity contribution in [2.24, 2.45) is 17.8 Å². The second kappa shape index (κ2) is 5.72. The molecule has 2 fully saturated rings. The van der Waals surface area contributed by atoms with Crippen molar-refractivity contribution < 1.29 is 4.79 Å². The molecule has 0 aliphatic heterocycles. The Kier molecular flexibility index (Phi) is 4.05. The first-order valence-electron chi connectivity index (χ1n) is 8.76. The Balaban J connectivity index is 1.62. The first-order chi connectivity index (χ1) is 10.3. The van der Waals surface area contributed by atoms with E-state index in [9.17, 15) is 4.79 Å². The molecular weight excluding hydrogens is 270 g/mol. The highest BCUT2D eigenvalue weighted by molar-refractivity contribution is 5.94. The van der Waals surface area contributed by atoms with E-state index in [2.05, 4.69) is 45.1 Å². The average Bonchev–Trinajstić information content (AvgIpc) is 3.09. The maximum Gasteiger partial charge on any atom is 0.251 e. The second-order valence-corrected chi connectivity index (χ2v) is 8.43. The number of benzene rings is 1. The third kappa shape index (κ3) is 3.06. The number of carbonyl (C=O) groups is 1. The Morgan fingerprint density at radius 2 is 1.82 bits per heavy atom. The highest BCUT2D eigenvalue weighted by Crippen LogP contribution is 2.49. The van der Waals surface area contributed by atoms with Gasteiger partial charge in [-0.1, -0.05) is 39.3 Å². The normalized spacial score (nSPS) is 28.6. The molecule has 120 valence electrons. The molecule has 2 saturated carbocycles. The van der Waals surface area contributed by atoms with Crippen LogP contribution < -0.4 is 5.32 Å². The summed E-state index contributed by atoms with van der Waals surface area (Å²) < 4.78 is 0. The van der Waals surface area contributed by atoms with E-state index < -0.39 is 0 Å². The zero-order valence-electron chi connectivity index (χ0n) is 14.4. The molecule has 1 aromatic rings. The van der Waals surface area contributed by atoms with Crippen molar-refractivity contribution >= 4 is 5.91 Å². The SMILES string of the molecule is CC(NC(=O)c1ccc(C(C)(C)C)cc1)C1CC2CCC1C2. The molecule has 0 radical (unpaired) electrons. The highest BCUT2D eigenvalue weighted by atomic mass is 16.1. The molecule has 0 heterocycles. The molecule has 22 heavy (non-hydrogen) atoms. The molecule has 2 heteroatoms. The molecule has 4 unspecified atom stereocenters. The van der Waals surface area contributed by atoms with E-state index in [0.717, 1.165) is 17.4 Å². The van der Waals surface area contributed by atoms with Gasteiger partial charge in [0.05, 0.1) is 0 Å². The van der Waals surface area contributed by atoms with Gasteiger partial charge in [0, 0.05) is 11.6 Å². The average molecular weight is 299 g/mol. The van der Waals surface area contributed by atoms with Crippen LogP contribution in [0, 0.1) is 17.8 Å². The lowest BCUT2D eigenvalue weighted by atomic mass is 9.84. The Hall–Kier alpha value is -1.31. The molecule has 2 nitrogen and oxygen atoms in total. The molecule has 2 aliphatic rings.